The lowest BCUT2D eigenvalue weighted by Gasteiger charge is -2.54. The second-order valence-corrected chi connectivity index (χ2v) is 29.9. The average molecular weight is 882 g/mol. The smallest absolute Gasteiger partial charge is 0.349 e. The molecule has 5 aromatic rings. The van der Waals surface area contributed by atoms with Gasteiger partial charge < -0.3 is 41.8 Å². The Morgan fingerprint density at radius 2 is 1.39 bits per heavy atom. The summed E-state index contributed by atoms with van der Waals surface area (Å²) in [6.45, 7) is 25.4. The fraction of sp³-hybridized carbons (Fsp3) is 0.510. The normalized spacial score (nSPS) is 20.9. The topological polar surface area (TPSA) is 115 Å². The largest absolute Gasteiger partial charge is 0.497 e. The Balaban J connectivity index is 1.25. The fourth-order valence-corrected chi connectivity index (χ4v) is 15.5. The summed E-state index contributed by atoms with van der Waals surface area (Å²) < 4.78 is 49.0. The minimum Gasteiger partial charge on any atom is -0.497 e. The van der Waals surface area contributed by atoms with E-state index in [2.05, 4.69) is 117 Å². The predicted molar refractivity (Wildman–Crippen MR) is 249 cm³/mol. The zero-order chi connectivity index (χ0) is 44.9. The van der Waals surface area contributed by atoms with Crippen LogP contribution in [-0.4, -0.2) is 77.2 Å². The number of benzene rings is 3. The van der Waals surface area contributed by atoms with Crippen LogP contribution in [0.3, 0.4) is 0 Å². The minimum absolute atomic E-state index is 0.0741. The quantitative estimate of drug-likeness (QED) is 0.0701. The van der Waals surface area contributed by atoms with E-state index in [1.54, 1.807) is 14.2 Å². The van der Waals surface area contributed by atoms with Gasteiger partial charge in [-0.25, -0.2) is 4.98 Å². The number of ether oxygens (including phenoxy) is 4. The highest BCUT2D eigenvalue weighted by molar-refractivity contribution is 6.74. The fourth-order valence-electron chi connectivity index (χ4n) is 9.30. The van der Waals surface area contributed by atoms with Crippen LogP contribution in [-0.2, 0) is 34.8 Å². The van der Waals surface area contributed by atoms with Gasteiger partial charge in [-0.15, -0.1) is 0 Å². The van der Waals surface area contributed by atoms with Crippen LogP contribution in [0.25, 0.3) is 11.0 Å². The molecule has 2 aliphatic heterocycles. The zero-order valence-corrected chi connectivity index (χ0v) is 41.0. The molecule has 11 nitrogen and oxygen atoms in total. The molecule has 4 heterocycles. The maximum atomic E-state index is 13.8. The number of aromatic nitrogens is 3. The average Bonchev–Trinajstić information content (AvgIpc) is 3.78. The summed E-state index contributed by atoms with van der Waals surface area (Å²) in [5.41, 5.74) is 3.12. The molecule has 3 aromatic carbocycles. The molecule has 334 valence electrons. The van der Waals surface area contributed by atoms with Crippen molar-refractivity contribution in [2.75, 3.05) is 27.4 Å². The molecule has 1 N–H and O–H groups in total. The van der Waals surface area contributed by atoms with Crippen molar-refractivity contribution < 1.29 is 32.2 Å². The number of hydrogen-bond donors (Lipinski definition) is 1. The molecule has 13 heteroatoms. The molecule has 0 amide bonds. The molecule has 0 radical (unpaired) electrons. The molecule has 2 aromatic heterocycles. The van der Waals surface area contributed by atoms with E-state index < -0.39 is 34.8 Å². The minimum atomic E-state index is -2.89. The van der Waals surface area contributed by atoms with Crippen LogP contribution < -0.4 is 15.0 Å². The van der Waals surface area contributed by atoms with Crippen LogP contribution in [0.15, 0.2) is 96.2 Å². The molecule has 2 aliphatic rings. The Morgan fingerprint density at radius 3 is 1.92 bits per heavy atom. The lowest BCUT2D eigenvalue weighted by Crippen LogP contribution is -2.66. The second-order valence-electron chi connectivity index (χ2n) is 20.4. The molecule has 0 aliphatic carbocycles. The second kappa shape index (κ2) is 17.1. The highest BCUT2D eigenvalue weighted by Crippen LogP contribution is 2.57. The van der Waals surface area contributed by atoms with Gasteiger partial charge >= 0.3 is 8.56 Å². The van der Waals surface area contributed by atoms with E-state index in [1.807, 2.05) is 53.2 Å². The monoisotopic (exact) mass is 881 g/mol. The van der Waals surface area contributed by atoms with E-state index in [-0.39, 0.29) is 32.9 Å². The Morgan fingerprint density at radius 1 is 0.823 bits per heavy atom. The highest BCUT2D eigenvalue weighted by Gasteiger charge is 2.66. The molecule has 62 heavy (non-hydrogen) atoms. The van der Waals surface area contributed by atoms with Crippen molar-refractivity contribution in [1.82, 2.24) is 14.5 Å². The van der Waals surface area contributed by atoms with Gasteiger partial charge in [0.25, 0.3) is 5.56 Å². The molecule has 4 atom stereocenters. The Labute approximate surface area is 369 Å². The molecule has 2 fully saturated rings. The third kappa shape index (κ3) is 8.26. The van der Waals surface area contributed by atoms with E-state index in [9.17, 15) is 4.79 Å². The summed E-state index contributed by atoms with van der Waals surface area (Å²) >= 11 is 0. The van der Waals surface area contributed by atoms with E-state index in [4.69, 9.17) is 37.2 Å². The lowest BCUT2D eigenvalue weighted by molar-refractivity contribution is -0.0794. The van der Waals surface area contributed by atoms with Gasteiger partial charge in [0.2, 0.25) is 0 Å². The number of aromatic amines is 1. The van der Waals surface area contributed by atoms with Gasteiger partial charge in [0, 0.05) is 22.9 Å². The summed E-state index contributed by atoms with van der Waals surface area (Å²) in [5.74, 6) is 1.51. The number of nitrogens with zero attached hydrogens (tertiary/aromatic N) is 2. The van der Waals surface area contributed by atoms with Crippen LogP contribution in [0.5, 0.6) is 11.5 Å². The van der Waals surface area contributed by atoms with Crippen molar-refractivity contribution in [2.24, 2.45) is 0 Å². The Hall–Kier alpha value is -4.09. The standard InChI is InChI=1S/C49H67N3O8Si2/c1-46(2,3)61(12,13)59-42-41-39(31-57-62(60-41,47(4,5)6)48(7,8)9)58-45(42)52-30-33(40-43(52)50-32-51-44(40)53)18-17-29-56-49(34-19-15-14-16-20-34,35-21-25-37(54-10)26-22-35)36-23-27-38(55-11)28-24-36/h14-16,19-28,30,32,39,41-42,45H,17-18,29,31H2,1-13H3,(H,50,51,53)/t39-,41-,42-,45-/m1/s1. The van der Waals surface area contributed by atoms with Crippen LogP contribution in [0.2, 0.25) is 28.2 Å². The highest BCUT2D eigenvalue weighted by atomic mass is 28.4. The molecule has 0 spiro atoms. The van der Waals surface area contributed by atoms with Gasteiger partial charge in [0.05, 0.1) is 32.5 Å². The van der Waals surface area contributed by atoms with Crippen LogP contribution in [0, 0.1) is 0 Å². The van der Waals surface area contributed by atoms with Gasteiger partial charge in [0.15, 0.2) is 14.5 Å². The number of H-pyrrole nitrogens is 1. The first-order valence-electron chi connectivity index (χ1n) is 21.9. The van der Waals surface area contributed by atoms with Crippen molar-refractivity contribution in [3.8, 4) is 11.5 Å². The van der Waals surface area contributed by atoms with Gasteiger partial charge in [-0.05, 0) is 77.5 Å². The molecule has 2 saturated heterocycles. The van der Waals surface area contributed by atoms with Crippen LogP contribution >= 0.6 is 0 Å². The number of aryl methyl sites for hydroxylation is 1. The van der Waals surface area contributed by atoms with Crippen molar-refractivity contribution in [2.45, 2.75) is 134 Å². The van der Waals surface area contributed by atoms with E-state index in [0.29, 0.717) is 37.1 Å². The molecule has 0 saturated carbocycles. The van der Waals surface area contributed by atoms with Crippen molar-refractivity contribution in [3.05, 3.63) is 124 Å². The SMILES string of the molecule is COc1ccc(C(OCCCc2cn([C@@H]3O[C@@H]4CO[Si](C(C)(C)C)(C(C)(C)C)O[C@H]4[C@H]3O[Si](C)(C)C(C)(C)C)c3nc[nH]c(=O)c23)(c2ccccc2)c2ccc(OC)cc2)cc1. The third-order valence-corrected chi connectivity index (χ3v) is 22.9. The molecular weight excluding hydrogens is 815 g/mol. The summed E-state index contributed by atoms with van der Waals surface area (Å²) in [6, 6.07) is 26.3. The number of hydrogen-bond acceptors (Lipinski definition) is 9. The molecular formula is C49H67N3O8Si2. The van der Waals surface area contributed by atoms with Crippen LogP contribution in [0.4, 0.5) is 0 Å². The first-order chi connectivity index (χ1) is 29.2. The summed E-state index contributed by atoms with van der Waals surface area (Å²) in [7, 11) is -1.95. The lowest BCUT2D eigenvalue weighted by atomic mass is 9.80. The van der Waals surface area contributed by atoms with E-state index in [1.165, 1.54) is 6.33 Å². The summed E-state index contributed by atoms with van der Waals surface area (Å²) in [4.78, 5) is 21.5. The summed E-state index contributed by atoms with van der Waals surface area (Å²) in [6.07, 6.45) is 2.86. The first-order valence-corrected chi connectivity index (χ1v) is 26.6. The predicted octanol–water partition coefficient (Wildman–Crippen LogP) is 10.4. The first kappa shape index (κ1) is 45.9. The van der Waals surface area contributed by atoms with E-state index >= 15 is 0 Å². The maximum Gasteiger partial charge on any atom is 0.349 e. The van der Waals surface area contributed by atoms with Crippen LogP contribution in [0.1, 0.15) is 97.2 Å². The number of nitrogens with one attached hydrogen (secondary N) is 1. The number of rotatable bonds is 13. The van der Waals surface area contributed by atoms with Gasteiger partial charge in [-0.1, -0.05) is 117 Å². The van der Waals surface area contributed by atoms with E-state index in [0.717, 1.165) is 33.8 Å². The Bertz CT molecular complexity index is 2300. The van der Waals surface area contributed by atoms with Crippen molar-refractivity contribution in [3.63, 3.8) is 0 Å². The number of methoxy groups -OCH3 is 2. The van der Waals surface area contributed by atoms with Gasteiger partial charge in [-0.2, -0.15) is 0 Å². The summed E-state index contributed by atoms with van der Waals surface area (Å²) in [5, 5.41) is 0.00888. The third-order valence-electron chi connectivity index (χ3n) is 13.3. The Kier molecular flexibility index (Phi) is 12.7. The van der Waals surface area contributed by atoms with Gasteiger partial charge in [0.1, 0.15) is 41.1 Å². The molecule has 0 unspecified atom stereocenters. The van der Waals surface area contributed by atoms with Gasteiger partial charge in [-0.3, -0.25) is 4.79 Å². The van der Waals surface area contributed by atoms with Crippen molar-refractivity contribution >= 4 is 27.9 Å². The molecule has 7 rings (SSSR count). The maximum absolute atomic E-state index is 13.8. The number of fused-ring (bicyclic) bond motifs is 2. The molecule has 0 bridgehead atoms. The zero-order valence-electron chi connectivity index (χ0n) is 39.0. The van der Waals surface area contributed by atoms with Crippen molar-refractivity contribution in [1.29, 1.82) is 0 Å².